The molecule has 17 aromatic rings. The van der Waals surface area contributed by atoms with Gasteiger partial charge in [-0.15, -0.1) is 0 Å². The molecule has 0 aliphatic carbocycles. The summed E-state index contributed by atoms with van der Waals surface area (Å²) in [7, 11) is 0. The summed E-state index contributed by atoms with van der Waals surface area (Å²) >= 11 is 0. The SMILES string of the molecule is c1ccc(-c2nc3cc(-c4ccc(-c5ccc6c(-c7ccc8ccccc8c7)c7cc(-c8ccc(-c9ccc%10c(c9)nc(-c9ccccc9)n%10-c9ccccc9)cc8)ccc7c(-c7ccc8ccccc8c7)c6c5)cc4)ccc3n2-c2ccccc2)cc1. The molecule has 0 radical (unpaired) electrons. The van der Waals surface area contributed by atoms with Crippen molar-refractivity contribution in [3.8, 4) is 101 Å². The Balaban J connectivity index is 0.790. The molecule has 410 valence electrons. The summed E-state index contributed by atoms with van der Waals surface area (Å²) in [5.41, 5.74) is 22.3. The van der Waals surface area contributed by atoms with Crippen LogP contribution in [0.4, 0.5) is 0 Å². The zero-order valence-electron chi connectivity index (χ0n) is 48.0. The van der Waals surface area contributed by atoms with E-state index in [4.69, 9.17) is 9.97 Å². The summed E-state index contributed by atoms with van der Waals surface area (Å²) in [6, 6.07) is 119. The summed E-state index contributed by atoms with van der Waals surface area (Å²) in [4.78, 5) is 10.5. The van der Waals surface area contributed by atoms with E-state index in [1.807, 2.05) is 0 Å². The highest BCUT2D eigenvalue weighted by atomic mass is 15.1. The molecule has 0 saturated carbocycles. The van der Waals surface area contributed by atoms with Crippen molar-refractivity contribution in [2.24, 2.45) is 0 Å². The standard InChI is InChI=1S/C84H54N4/c1-5-19-61(20-6-1)83-85-77-53-67(43-47-79(77)87(83)71-25-9-3-10-26-71)59-33-29-57(30-34-59)65-41-45-73-75(51-65)81(69-39-37-55-17-13-15-23-63(55)49-69)74-46-42-66(52-76(74)82(73)70-40-38-56-18-14-16-24-64(56)50-70)58-31-35-60(36-32-58)68-44-48-80-78(54-68)86-84(62-21-7-2-8-22-62)88(80)72-27-11-4-12-28-72/h1-54H. The van der Waals surface area contributed by atoms with E-state index in [0.717, 1.165) is 101 Å². The largest absolute Gasteiger partial charge is 0.292 e. The number of fused-ring (bicyclic) bond motifs is 6. The third-order valence-electron chi connectivity index (χ3n) is 17.7. The molecule has 4 nitrogen and oxygen atoms in total. The molecule has 0 aliphatic rings. The number of hydrogen-bond acceptors (Lipinski definition) is 2. The van der Waals surface area contributed by atoms with Crippen molar-refractivity contribution in [3.05, 3.63) is 328 Å². The fraction of sp³-hybridized carbons (Fsp3) is 0. The van der Waals surface area contributed by atoms with Gasteiger partial charge in [-0.05, 0) is 183 Å². The van der Waals surface area contributed by atoms with E-state index in [9.17, 15) is 0 Å². The van der Waals surface area contributed by atoms with E-state index in [1.165, 1.54) is 65.3 Å². The molecule has 0 spiro atoms. The van der Waals surface area contributed by atoms with Gasteiger partial charge in [0, 0.05) is 22.5 Å². The molecule has 0 amide bonds. The Labute approximate surface area is 509 Å². The van der Waals surface area contributed by atoms with E-state index in [1.54, 1.807) is 0 Å². The maximum Gasteiger partial charge on any atom is 0.145 e. The third-order valence-corrected chi connectivity index (χ3v) is 17.7. The Hall–Kier alpha value is -11.7. The van der Waals surface area contributed by atoms with Crippen LogP contribution in [0.25, 0.3) is 166 Å². The Bertz CT molecular complexity index is 5170. The van der Waals surface area contributed by atoms with Crippen LogP contribution in [0.5, 0.6) is 0 Å². The Morgan fingerprint density at radius 1 is 0.193 bits per heavy atom. The minimum absolute atomic E-state index is 0.925. The van der Waals surface area contributed by atoms with Crippen LogP contribution < -0.4 is 0 Å². The fourth-order valence-corrected chi connectivity index (χ4v) is 13.4. The molecule has 2 heterocycles. The van der Waals surface area contributed by atoms with Crippen LogP contribution in [0.3, 0.4) is 0 Å². The van der Waals surface area contributed by atoms with E-state index < -0.39 is 0 Å². The predicted octanol–water partition coefficient (Wildman–Crippen LogP) is 22.3. The maximum atomic E-state index is 5.27. The van der Waals surface area contributed by atoms with Crippen LogP contribution in [0, 0.1) is 0 Å². The zero-order valence-corrected chi connectivity index (χ0v) is 48.0. The molecule has 4 heteroatoms. The van der Waals surface area contributed by atoms with Crippen LogP contribution in [0.15, 0.2) is 328 Å². The second-order valence-corrected chi connectivity index (χ2v) is 22.9. The van der Waals surface area contributed by atoms with Crippen molar-refractivity contribution >= 4 is 65.2 Å². The zero-order chi connectivity index (χ0) is 58.1. The Morgan fingerprint density at radius 3 is 0.886 bits per heavy atom. The van der Waals surface area contributed by atoms with Crippen molar-refractivity contribution in [1.82, 2.24) is 19.1 Å². The van der Waals surface area contributed by atoms with Crippen LogP contribution >= 0.6 is 0 Å². The quantitative estimate of drug-likeness (QED) is 0.128. The molecule has 0 atom stereocenters. The van der Waals surface area contributed by atoms with E-state index in [0.29, 0.717) is 0 Å². The molecular weight excluding hydrogens is 1060 g/mol. The normalized spacial score (nSPS) is 11.6. The molecule has 17 rings (SSSR count). The molecule has 0 N–H and O–H groups in total. The molecule has 88 heavy (non-hydrogen) atoms. The van der Waals surface area contributed by atoms with Gasteiger partial charge in [-0.2, -0.15) is 0 Å². The number of benzene rings is 15. The first-order valence-corrected chi connectivity index (χ1v) is 30.1. The summed E-state index contributed by atoms with van der Waals surface area (Å²) in [5, 5.41) is 9.70. The van der Waals surface area contributed by atoms with E-state index in [2.05, 4.69) is 337 Å². The van der Waals surface area contributed by atoms with Gasteiger partial charge < -0.3 is 0 Å². The topological polar surface area (TPSA) is 35.6 Å². The molecule has 0 unspecified atom stereocenters. The summed E-state index contributed by atoms with van der Waals surface area (Å²) in [6.07, 6.45) is 0. The van der Waals surface area contributed by atoms with Gasteiger partial charge in [0.05, 0.1) is 22.1 Å². The summed E-state index contributed by atoms with van der Waals surface area (Å²) < 4.78 is 4.53. The molecular formula is C84H54N4. The van der Waals surface area contributed by atoms with Crippen molar-refractivity contribution in [1.29, 1.82) is 0 Å². The van der Waals surface area contributed by atoms with E-state index in [-0.39, 0.29) is 0 Å². The number of para-hydroxylation sites is 2. The minimum atomic E-state index is 0.925. The van der Waals surface area contributed by atoms with Crippen molar-refractivity contribution in [2.45, 2.75) is 0 Å². The van der Waals surface area contributed by atoms with Gasteiger partial charge in [0.2, 0.25) is 0 Å². The lowest BCUT2D eigenvalue weighted by Crippen LogP contribution is -1.97. The van der Waals surface area contributed by atoms with E-state index >= 15 is 0 Å². The minimum Gasteiger partial charge on any atom is -0.292 e. The second-order valence-electron chi connectivity index (χ2n) is 22.9. The number of rotatable bonds is 10. The highest BCUT2D eigenvalue weighted by molar-refractivity contribution is 6.23. The van der Waals surface area contributed by atoms with Crippen molar-refractivity contribution in [3.63, 3.8) is 0 Å². The average Bonchev–Trinajstić information content (AvgIpc) is 1.47. The van der Waals surface area contributed by atoms with Crippen molar-refractivity contribution < 1.29 is 0 Å². The van der Waals surface area contributed by atoms with Crippen molar-refractivity contribution in [2.75, 3.05) is 0 Å². The molecule has 2 aromatic heterocycles. The van der Waals surface area contributed by atoms with Crippen LogP contribution in [-0.4, -0.2) is 19.1 Å². The fourth-order valence-electron chi connectivity index (χ4n) is 13.4. The molecule has 0 saturated heterocycles. The van der Waals surface area contributed by atoms with Gasteiger partial charge in [0.25, 0.3) is 0 Å². The highest BCUT2D eigenvalue weighted by Crippen LogP contribution is 2.47. The van der Waals surface area contributed by atoms with Gasteiger partial charge in [0.15, 0.2) is 0 Å². The Morgan fingerprint density at radius 2 is 0.500 bits per heavy atom. The summed E-state index contributed by atoms with van der Waals surface area (Å²) in [6.45, 7) is 0. The lowest BCUT2D eigenvalue weighted by atomic mass is 9.83. The third kappa shape index (κ3) is 8.85. The number of hydrogen-bond donors (Lipinski definition) is 0. The second kappa shape index (κ2) is 21.1. The number of nitrogens with zero attached hydrogens (tertiary/aromatic N) is 4. The maximum absolute atomic E-state index is 5.27. The first-order chi connectivity index (χ1) is 43.6. The van der Waals surface area contributed by atoms with Gasteiger partial charge in [-0.25, -0.2) is 9.97 Å². The monoisotopic (exact) mass is 1120 g/mol. The van der Waals surface area contributed by atoms with Gasteiger partial charge in [-0.3, -0.25) is 9.13 Å². The summed E-state index contributed by atoms with van der Waals surface area (Å²) in [5.74, 6) is 1.85. The Kier molecular flexibility index (Phi) is 12.2. The predicted molar refractivity (Wildman–Crippen MR) is 369 cm³/mol. The molecule has 0 bridgehead atoms. The average molecular weight is 1120 g/mol. The molecule has 0 aliphatic heterocycles. The van der Waals surface area contributed by atoms with Gasteiger partial charge in [0.1, 0.15) is 11.6 Å². The van der Waals surface area contributed by atoms with Gasteiger partial charge >= 0.3 is 0 Å². The first-order valence-electron chi connectivity index (χ1n) is 30.1. The number of imidazole rings is 2. The first kappa shape index (κ1) is 50.8. The lowest BCUT2D eigenvalue weighted by molar-refractivity contribution is 1.10. The number of aromatic nitrogens is 4. The van der Waals surface area contributed by atoms with Crippen LogP contribution in [0.2, 0.25) is 0 Å². The highest BCUT2D eigenvalue weighted by Gasteiger charge is 2.22. The van der Waals surface area contributed by atoms with Crippen LogP contribution in [0.1, 0.15) is 0 Å². The van der Waals surface area contributed by atoms with Crippen LogP contribution in [-0.2, 0) is 0 Å². The molecule has 15 aromatic carbocycles. The molecule has 0 fully saturated rings. The smallest absolute Gasteiger partial charge is 0.145 e. The van der Waals surface area contributed by atoms with Gasteiger partial charge in [-0.1, -0.05) is 255 Å². The lowest BCUT2D eigenvalue weighted by Gasteiger charge is -2.20.